The van der Waals surface area contributed by atoms with Crippen LogP contribution in [0.4, 0.5) is 26.3 Å². The zero-order valence-electron chi connectivity index (χ0n) is 20.2. The molecule has 1 aromatic carbocycles. The third-order valence-electron chi connectivity index (χ3n) is 6.97. The van der Waals surface area contributed by atoms with E-state index in [9.17, 15) is 31.4 Å². The fourth-order valence-electron chi connectivity index (χ4n) is 4.92. The summed E-state index contributed by atoms with van der Waals surface area (Å²) in [6, 6.07) is 3.71. The second-order valence-electron chi connectivity index (χ2n) is 10.5. The molecule has 1 fully saturated rings. The number of hydrogen-bond acceptors (Lipinski definition) is 3. The predicted molar refractivity (Wildman–Crippen MR) is 124 cm³/mol. The monoisotopic (exact) mass is 504 g/mol. The Balaban J connectivity index is 1.73. The van der Waals surface area contributed by atoms with Crippen LogP contribution >= 0.6 is 0 Å². The van der Waals surface area contributed by atoms with E-state index in [-0.39, 0.29) is 22.9 Å². The summed E-state index contributed by atoms with van der Waals surface area (Å²) in [6.07, 6.45) is -1.54. The van der Waals surface area contributed by atoms with Crippen LogP contribution in [-0.2, 0) is 12.4 Å². The summed E-state index contributed by atoms with van der Waals surface area (Å²) < 4.78 is 80.6. The number of pyridine rings is 1. The second-order valence-corrected chi connectivity index (χ2v) is 10.5. The van der Waals surface area contributed by atoms with Gasteiger partial charge >= 0.3 is 12.4 Å². The Labute approximate surface area is 202 Å². The van der Waals surface area contributed by atoms with Crippen LogP contribution in [0.2, 0.25) is 0 Å². The van der Waals surface area contributed by atoms with Gasteiger partial charge in [-0.3, -0.25) is 0 Å². The first-order chi connectivity index (χ1) is 16.3. The first-order valence-electron chi connectivity index (χ1n) is 12.2. The zero-order chi connectivity index (χ0) is 25.9. The lowest BCUT2D eigenvalue weighted by Crippen LogP contribution is -2.33. The summed E-state index contributed by atoms with van der Waals surface area (Å²) in [5.41, 5.74) is -3.85. The van der Waals surface area contributed by atoms with E-state index in [1.54, 1.807) is 0 Å². The lowest BCUT2D eigenvalue weighted by molar-refractivity contribution is -0.142. The van der Waals surface area contributed by atoms with E-state index in [0.717, 1.165) is 18.9 Å². The largest absolute Gasteiger partial charge is 0.433 e. The van der Waals surface area contributed by atoms with Crippen LogP contribution in [0.5, 0.6) is 0 Å². The number of alkyl halides is 6. The molecule has 3 rings (SSSR count). The van der Waals surface area contributed by atoms with Gasteiger partial charge in [0.2, 0.25) is 0 Å². The number of rotatable bonds is 8. The molecule has 1 saturated carbocycles. The molecule has 0 saturated heterocycles. The minimum Gasteiger partial charge on any atom is -0.387 e. The van der Waals surface area contributed by atoms with Crippen molar-refractivity contribution in [3.63, 3.8) is 0 Å². The number of benzene rings is 1. The minimum absolute atomic E-state index is 0.0838. The number of aromatic nitrogens is 1. The lowest BCUT2D eigenvalue weighted by Gasteiger charge is -2.28. The molecule has 2 N–H and O–H groups in total. The molecule has 1 atom stereocenters. The Morgan fingerprint density at radius 3 is 2.26 bits per heavy atom. The molecule has 0 amide bonds. The molecule has 2 aromatic rings. The predicted octanol–water partition coefficient (Wildman–Crippen LogP) is 7.67. The lowest BCUT2D eigenvalue weighted by atomic mass is 9.82. The highest BCUT2D eigenvalue weighted by Gasteiger charge is 2.38. The zero-order valence-corrected chi connectivity index (χ0v) is 20.2. The van der Waals surface area contributed by atoms with Crippen molar-refractivity contribution in [2.45, 2.75) is 83.7 Å². The first kappa shape index (κ1) is 27.7. The smallest absolute Gasteiger partial charge is 0.387 e. The molecule has 0 bridgehead atoms. The summed E-state index contributed by atoms with van der Waals surface area (Å²) in [5.74, 6) is 0.717. The Morgan fingerprint density at radius 1 is 1.00 bits per heavy atom. The van der Waals surface area contributed by atoms with Crippen molar-refractivity contribution >= 4 is 10.9 Å². The Morgan fingerprint density at radius 2 is 1.66 bits per heavy atom. The molecule has 35 heavy (non-hydrogen) atoms. The average molecular weight is 505 g/mol. The molecule has 0 spiro atoms. The van der Waals surface area contributed by atoms with Gasteiger partial charge in [-0.25, -0.2) is 4.98 Å². The summed E-state index contributed by atoms with van der Waals surface area (Å²) in [4.78, 5) is 3.27. The topological polar surface area (TPSA) is 45.1 Å². The maximum Gasteiger partial charge on any atom is 0.433 e. The number of aliphatic hydroxyl groups excluding tert-OH is 1. The van der Waals surface area contributed by atoms with Gasteiger partial charge in [-0.05, 0) is 41.9 Å². The van der Waals surface area contributed by atoms with Crippen LogP contribution in [0.1, 0.15) is 88.1 Å². The van der Waals surface area contributed by atoms with Crippen molar-refractivity contribution in [3.8, 4) is 0 Å². The molecule has 1 heterocycles. The highest BCUT2D eigenvalue weighted by molar-refractivity contribution is 5.86. The van der Waals surface area contributed by atoms with Crippen molar-refractivity contribution in [1.29, 1.82) is 0 Å². The molecule has 1 unspecified atom stereocenters. The first-order valence-corrected chi connectivity index (χ1v) is 12.2. The van der Waals surface area contributed by atoms with Gasteiger partial charge in [-0.2, -0.15) is 26.3 Å². The van der Waals surface area contributed by atoms with E-state index in [4.69, 9.17) is 0 Å². The van der Waals surface area contributed by atoms with Crippen LogP contribution in [-0.4, -0.2) is 23.2 Å². The van der Waals surface area contributed by atoms with Gasteiger partial charge in [0.05, 0.1) is 17.2 Å². The van der Waals surface area contributed by atoms with Gasteiger partial charge in [0.25, 0.3) is 0 Å². The molecular formula is C26H34F6N2O. The summed E-state index contributed by atoms with van der Waals surface area (Å²) in [7, 11) is 0. The number of hydrogen-bond donors (Lipinski definition) is 2. The molecular weight excluding hydrogens is 470 g/mol. The van der Waals surface area contributed by atoms with E-state index in [1.807, 2.05) is 0 Å². The average Bonchev–Trinajstić information content (AvgIpc) is 3.04. The van der Waals surface area contributed by atoms with Crippen LogP contribution in [0.3, 0.4) is 0 Å². The van der Waals surface area contributed by atoms with Crippen LogP contribution in [0, 0.1) is 11.3 Å². The maximum atomic E-state index is 13.4. The Bertz CT molecular complexity index is 978. The van der Waals surface area contributed by atoms with Gasteiger partial charge in [-0.1, -0.05) is 64.5 Å². The van der Waals surface area contributed by atoms with Gasteiger partial charge < -0.3 is 10.4 Å². The number of halogens is 6. The van der Waals surface area contributed by atoms with E-state index >= 15 is 0 Å². The van der Waals surface area contributed by atoms with Crippen molar-refractivity contribution < 1.29 is 31.4 Å². The van der Waals surface area contributed by atoms with Gasteiger partial charge in [0.15, 0.2) is 0 Å². The Kier molecular flexibility index (Phi) is 8.73. The Hall–Kier alpha value is -1.87. The highest BCUT2D eigenvalue weighted by atomic mass is 19.4. The number of nitrogens with one attached hydrogen (secondary N) is 1. The van der Waals surface area contributed by atoms with Crippen LogP contribution in [0.15, 0.2) is 24.3 Å². The quantitative estimate of drug-likeness (QED) is 0.286. The molecule has 1 aromatic heterocycles. The van der Waals surface area contributed by atoms with E-state index < -0.39 is 35.2 Å². The van der Waals surface area contributed by atoms with Crippen molar-refractivity contribution in [1.82, 2.24) is 10.3 Å². The summed E-state index contributed by atoms with van der Waals surface area (Å²) in [5, 5.41) is 13.7. The molecule has 1 aliphatic carbocycles. The number of nitrogens with zero attached hydrogens (tertiary/aromatic N) is 1. The molecule has 9 heteroatoms. The molecule has 0 radical (unpaired) electrons. The SMILES string of the molecule is CC(C)(CCC1CCCCCC1)CNCC(O)c1cc(C(F)(F)F)nc2c(C(F)(F)F)cccc12. The van der Waals surface area contributed by atoms with Gasteiger partial charge in [-0.15, -0.1) is 0 Å². The second kappa shape index (κ2) is 11.0. The van der Waals surface area contributed by atoms with E-state index in [1.165, 1.54) is 44.6 Å². The summed E-state index contributed by atoms with van der Waals surface area (Å²) >= 11 is 0. The standard InChI is InChI=1S/C26H34F6N2O/c1-24(2,13-12-17-8-5-3-4-6-9-17)16-33-15-21(35)19-14-22(26(30,31)32)34-23-18(19)10-7-11-20(23)25(27,28)29/h7,10-11,14,17,21,33,35H,3-6,8-9,12-13,15-16H2,1-2H3. The van der Waals surface area contributed by atoms with Gasteiger partial charge in [0, 0.05) is 18.5 Å². The fraction of sp³-hybridized carbons (Fsp3) is 0.654. The molecule has 196 valence electrons. The summed E-state index contributed by atoms with van der Waals surface area (Å²) in [6.45, 7) is 4.64. The maximum absolute atomic E-state index is 13.4. The number of para-hydroxylation sites is 1. The minimum atomic E-state index is -4.95. The van der Waals surface area contributed by atoms with Crippen LogP contribution in [0.25, 0.3) is 10.9 Å². The molecule has 3 nitrogen and oxygen atoms in total. The normalized spacial score (nSPS) is 17.5. The van der Waals surface area contributed by atoms with E-state index in [2.05, 4.69) is 24.1 Å². The van der Waals surface area contributed by atoms with Crippen molar-refractivity contribution in [2.75, 3.05) is 13.1 Å². The highest BCUT2D eigenvalue weighted by Crippen LogP contribution is 2.39. The van der Waals surface area contributed by atoms with Gasteiger partial charge in [0.1, 0.15) is 5.69 Å². The third-order valence-corrected chi connectivity index (χ3v) is 6.97. The number of fused-ring (bicyclic) bond motifs is 1. The third kappa shape index (κ3) is 7.56. The number of aliphatic hydroxyl groups is 1. The van der Waals surface area contributed by atoms with Crippen molar-refractivity contribution in [3.05, 3.63) is 41.1 Å². The molecule has 0 aliphatic heterocycles. The fourth-order valence-corrected chi connectivity index (χ4v) is 4.92. The molecule has 1 aliphatic rings. The van der Waals surface area contributed by atoms with Crippen molar-refractivity contribution in [2.24, 2.45) is 11.3 Å². The van der Waals surface area contributed by atoms with Crippen LogP contribution < -0.4 is 5.32 Å². The van der Waals surface area contributed by atoms with E-state index in [0.29, 0.717) is 24.6 Å².